The molecule has 0 aliphatic heterocycles. The zero-order valence-corrected chi connectivity index (χ0v) is 29.0. The number of furan rings is 2. The van der Waals surface area contributed by atoms with E-state index in [2.05, 4.69) is 141 Å². The molecule has 0 saturated heterocycles. The monoisotopic (exact) mass is 680 g/mol. The maximum absolute atomic E-state index is 6.56. The molecule has 0 aliphatic rings. The second-order valence-corrected chi connectivity index (χ2v) is 13.4. The highest BCUT2D eigenvalue weighted by atomic mass is 16.3. The molecule has 0 fully saturated rings. The smallest absolute Gasteiger partial charge is 0.160 e. The first-order valence-electron chi connectivity index (χ1n) is 17.8. The molecule has 4 nitrogen and oxygen atoms in total. The van der Waals surface area contributed by atoms with E-state index in [1.807, 2.05) is 36.4 Å². The van der Waals surface area contributed by atoms with E-state index in [9.17, 15) is 0 Å². The van der Waals surface area contributed by atoms with Crippen molar-refractivity contribution in [3.8, 4) is 11.1 Å². The van der Waals surface area contributed by atoms with Crippen LogP contribution in [-0.2, 0) is 0 Å². The van der Waals surface area contributed by atoms with Gasteiger partial charge in [-0.05, 0) is 76.0 Å². The molecule has 10 aromatic rings. The quantitative estimate of drug-likeness (QED) is 0.134. The van der Waals surface area contributed by atoms with Crippen LogP contribution in [0.4, 0.5) is 0 Å². The van der Waals surface area contributed by atoms with E-state index in [1.165, 1.54) is 5.39 Å². The predicted octanol–water partition coefficient (Wildman–Crippen LogP) is 13.4. The molecule has 8 aromatic carbocycles. The summed E-state index contributed by atoms with van der Waals surface area (Å²) in [6, 6.07) is 56.3. The van der Waals surface area contributed by atoms with Gasteiger partial charge in [0.15, 0.2) is 5.84 Å². The Balaban J connectivity index is 1.17. The van der Waals surface area contributed by atoms with Crippen LogP contribution < -0.4 is 0 Å². The summed E-state index contributed by atoms with van der Waals surface area (Å²) in [7, 11) is 0. The zero-order chi connectivity index (χ0) is 35.5. The van der Waals surface area contributed by atoms with Gasteiger partial charge in [-0.1, -0.05) is 134 Å². The predicted molar refractivity (Wildman–Crippen MR) is 222 cm³/mol. The van der Waals surface area contributed by atoms with Crippen LogP contribution >= 0.6 is 0 Å². The summed E-state index contributed by atoms with van der Waals surface area (Å²) in [5.74, 6) is 0.589. The van der Waals surface area contributed by atoms with Gasteiger partial charge in [0.2, 0.25) is 0 Å². The Kier molecular flexibility index (Phi) is 7.15. The fourth-order valence-electron chi connectivity index (χ4n) is 7.65. The molecule has 2 heterocycles. The van der Waals surface area contributed by atoms with Gasteiger partial charge in [0.25, 0.3) is 0 Å². The van der Waals surface area contributed by atoms with Crippen LogP contribution in [0.25, 0.3) is 82.2 Å². The summed E-state index contributed by atoms with van der Waals surface area (Å²) in [5, 5.41) is 8.82. The van der Waals surface area contributed by atoms with Gasteiger partial charge in [-0.25, -0.2) is 9.98 Å². The van der Waals surface area contributed by atoms with Crippen molar-refractivity contribution in [3.63, 3.8) is 0 Å². The second-order valence-electron chi connectivity index (χ2n) is 13.4. The summed E-state index contributed by atoms with van der Waals surface area (Å²) in [6.45, 7) is 6.48. The molecule has 4 heteroatoms. The largest absolute Gasteiger partial charge is 0.456 e. The average Bonchev–Trinajstić information content (AvgIpc) is 3.79. The highest BCUT2D eigenvalue weighted by molar-refractivity contribution is 6.25. The lowest BCUT2D eigenvalue weighted by Crippen LogP contribution is -2.05. The molecule has 0 atom stereocenters. The minimum Gasteiger partial charge on any atom is -0.456 e. The molecule has 250 valence electrons. The van der Waals surface area contributed by atoms with E-state index in [0.29, 0.717) is 11.5 Å². The number of hydrogen-bond acceptors (Lipinski definition) is 3. The van der Waals surface area contributed by atoms with Crippen LogP contribution in [0.2, 0.25) is 0 Å². The molecule has 0 radical (unpaired) electrons. The highest BCUT2D eigenvalue weighted by Gasteiger charge is 2.20. The molecule has 53 heavy (non-hydrogen) atoms. The number of aliphatic imine (C=N–C) groups is 2. The van der Waals surface area contributed by atoms with Gasteiger partial charge in [-0.3, -0.25) is 0 Å². The second kappa shape index (κ2) is 12.3. The average molecular weight is 681 g/mol. The molecule has 0 aliphatic carbocycles. The lowest BCUT2D eigenvalue weighted by molar-refractivity contribution is 0.668. The van der Waals surface area contributed by atoms with E-state index in [4.69, 9.17) is 18.8 Å². The Hall–Kier alpha value is -7.04. The first kappa shape index (κ1) is 30.8. The van der Waals surface area contributed by atoms with E-state index in [1.54, 1.807) is 0 Å². The van der Waals surface area contributed by atoms with Gasteiger partial charge in [0.1, 0.15) is 22.3 Å². The van der Waals surface area contributed by atoms with Gasteiger partial charge in [-0.15, -0.1) is 0 Å². The van der Waals surface area contributed by atoms with Crippen LogP contribution in [0.15, 0.2) is 189 Å². The van der Waals surface area contributed by atoms with E-state index in [-0.39, 0.29) is 0 Å². The summed E-state index contributed by atoms with van der Waals surface area (Å²) < 4.78 is 12.9. The van der Waals surface area contributed by atoms with Gasteiger partial charge in [-0.2, -0.15) is 0 Å². The van der Waals surface area contributed by atoms with Crippen LogP contribution in [0.5, 0.6) is 0 Å². The third-order valence-electron chi connectivity index (χ3n) is 10.2. The summed E-state index contributed by atoms with van der Waals surface area (Å²) in [4.78, 5) is 10.5. The number of para-hydroxylation sites is 1. The lowest BCUT2D eigenvalue weighted by atomic mass is 9.93. The van der Waals surface area contributed by atoms with Gasteiger partial charge < -0.3 is 8.83 Å². The van der Waals surface area contributed by atoms with Crippen LogP contribution in [-0.4, -0.2) is 11.5 Å². The topological polar surface area (TPSA) is 51.0 Å². The number of benzene rings is 8. The Bertz CT molecular complexity index is 3160. The molecule has 0 spiro atoms. The Morgan fingerprint density at radius 2 is 0.981 bits per heavy atom. The molecule has 10 rings (SSSR count). The van der Waals surface area contributed by atoms with Crippen molar-refractivity contribution in [2.75, 3.05) is 0 Å². The molecular weight excluding hydrogens is 649 g/mol. The van der Waals surface area contributed by atoms with Gasteiger partial charge >= 0.3 is 0 Å². The fourth-order valence-corrected chi connectivity index (χ4v) is 7.65. The maximum Gasteiger partial charge on any atom is 0.160 e. The molecule has 0 bridgehead atoms. The summed E-state index contributed by atoms with van der Waals surface area (Å²) in [6.07, 6.45) is 0. The zero-order valence-electron chi connectivity index (χ0n) is 29.0. The van der Waals surface area contributed by atoms with Crippen molar-refractivity contribution in [3.05, 3.63) is 187 Å². The Morgan fingerprint density at radius 3 is 1.72 bits per heavy atom. The Morgan fingerprint density at radius 1 is 0.453 bits per heavy atom. The van der Waals surface area contributed by atoms with Gasteiger partial charge in [0, 0.05) is 43.9 Å². The Labute approximate surface area is 305 Å². The molecule has 2 aromatic heterocycles. The minimum atomic E-state index is 0.589. The summed E-state index contributed by atoms with van der Waals surface area (Å²) in [5.41, 5.74) is 9.80. The van der Waals surface area contributed by atoms with Crippen LogP contribution in [0.3, 0.4) is 0 Å². The number of nitrogens with zero attached hydrogens (tertiary/aromatic N) is 2. The molecule has 0 amide bonds. The third-order valence-corrected chi connectivity index (χ3v) is 10.2. The third kappa shape index (κ3) is 5.23. The normalized spacial score (nSPS) is 12.5. The fraction of sp³-hybridized carbons (Fsp3) is 0.0204. The molecule has 0 unspecified atom stereocenters. The van der Waals surface area contributed by atoms with Crippen molar-refractivity contribution >= 4 is 82.7 Å². The number of hydrogen-bond donors (Lipinski definition) is 0. The first-order valence-corrected chi connectivity index (χ1v) is 17.8. The molecular formula is C49H32N2O2. The molecule has 0 saturated carbocycles. The van der Waals surface area contributed by atoms with E-state index in [0.717, 1.165) is 93.6 Å². The lowest BCUT2D eigenvalue weighted by Gasteiger charge is -2.10. The SMILES string of the molecule is C=C(N=C(N=C(C)c1cccc2oc3cccc(-c4cccc5oc6ccccc6c45)c3c12)c1ccc2ccccc2c1)c1ccc2ccccc2c1. The van der Waals surface area contributed by atoms with Crippen LogP contribution in [0, 0.1) is 0 Å². The number of rotatable bonds is 5. The first-order chi connectivity index (χ1) is 26.1. The van der Waals surface area contributed by atoms with Crippen molar-refractivity contribution in [2.45, 2.75) is 6.92 Å². The van der Waals surface area contributed by atoms with E-state index < -0.39 is 0 Å². The summed E-state index contributed by atoms with van der Waals surface area (Å²) >= 11 is 0. The highest BCUT2D eigenvalue weighted by Crippen LogP contribution is 2.43. The standard InChI is InChI=1S/C49H32N2O2/c1-30(34-26-24-32-12-3-5-14-35(32)28-34)50-49(37-27-25-33-13-4-6-15-36(33)29-37)51-31(2)38-17-9-22-44-47(38)48-40(19-11-23-45(48)53-44)39-18-10-21-43-46(39)41-16-7-8-20-42(41)52-43/h3-29H,1H2,2H3. The van der Waals surface area contributed by atoms with E-state index >= 15 is 0 Å². The van der Waals surface area contributed by atoms with Crippen molar-refractivity contribution < 1.29 is 8.83 Å². The maximum atomic E-state index is 6.56. The minimum absolute atomic E-state index is 0.589. The molecule has 0 N–H and O–H groups in total. The van der Waals surface area contributed by atoms with Crippen molar-refractivity contribution in [1.29, 1.82) is 0 Å². The number of fused-ring (bicyclic) bond motifs is 8. The van der Waals surface area contributed by atoms with Gasteiger partial charge in [0.05, 0.1) is 5.70 Å². The van der Waals surface area contributed by atoms with Crippen LogP contribution in [0.1, 0.15) is 23.6 Å². The number of amidine groups is 1. The van der Waals surface area contributed by atoms with Crippen molar-refractivity contribution in [1.82, 2.24) is 0 Å². The van der Waals surface area contributed by atoms with Crippen molar-refractivity contribution in [2.24, 2.45) is 9.98 Å².